The van der Waals surface area contributed by atoms with Gasteiger partial charge in [-0.15, -0.1) is 0 Å². The van der Waals surface area contributed by atoms with Crippen LogP contribution in [0, 0.1) is 22.7 Å². The molecule has 0 spiro atoms. The minimum absolute atomic E-state index is 0.358. The normalized spacial score (nSPS) is 10.9. The summed E-state index contributed by atoms with van der Waals surface area (Å²) in [5.74, 6) is 0.00117. The number of hydrogen-bond acceptors (Lipinski definition) is 4. The molecule has 0 fully saturated rings. The molecule has 2 aromatic rings. The zero-order chi connectivity index (χ0) is 15.9. The number of carbonyl (C=O) groups excluding carboxylic acids is 1. The summed E-state index contributed by atoms with van der Waals surface area (Å²) < 4.78 is 5.53. The maximum Gasteiger partial charge on any atom is 0.265 e. The van der Waals surface area contributed by atoms with Crippen molar-refractivity contribution in [3.05, 3.63) is 59.7 Å². The summed E-state index contributed by atoms with van der Waals surface area (Å²) >= 11 is 0. The fraction of sp³-hybridized carbons (Fsp3) is 0.118. The molecule has 5 nitrogen and oxygen atoms in total. The third kappa shape index (κ3) is 3.62. The van der Waals surface area contributed by atoms with Crippen LogP contribution >= 0.6 is 0 Å². The van der Waals surface area contributed by atoms with Gasteiger partial charge in [0.25, 0.3) is 5.91 Å². The summed E-state index contributed by atoms with van der Waals surface area (Å²) in [5, 5.41) is 20.5. The van der Waals surface area contributed by atoms with Gasteiger partial charge in [0.15, 0.2) is 6.10 Å². The summed E-state index contributed by atoms with van der Waals surface area (Å²) in [6.07, 6.45) is -0.778. The number of anilines is 1. The highest BCUT2D eigenvalue weighted by atomic mass is 16.5. The lowest BCUT2D eigenvalue weighted by Crippen LogP contribution is -2.30. The third-order valence-corrected chi connectivity index (χ3v) is 2.94. The van der Waals surface area contributed by atoms with Crippen LogP contribution in [0.2, 0.25) is 0 Å². The monoisotopic (exact) mass is 291 g/mol. The molecule has 2 aromatic carbocycles. The first-order valence-electron chi connectivity index (χ1n) is 6.61. The van der Waals surface area contributed by atoms with E-state index in [0.717, 1.165) is 0 Å². The Hall–Kier alpha value is -3.31. The summed E-state index contributed by atoms with van der Waals surface area (Å²) in [4.78, 5) is 12.1. The number of nitrogens with zero attached hydrogens (tertiary/aromatic N) is 2. The molecule has 1 atom stereocenters. The standard InChI is InChI=1S/C17H13N3O2/c1-12(22-16-8-3-2-6-14(16)11-19)17(21)20-15-7-4-5-13(9-15)10-18/h2-9,12H,1H3,(H,20,21)/t12-/m1/s1. The Labute approximate surface area is 128 Å². The number of benzene rings is 2. The van der Waals surface area contributed by atoms with E-state index in [1.54, 1.807) is 55.5 Å². The molecule has 0 aliphatic heterocycles. The summed E-state index contributed by atoms with van der Waals surface area (Å²) in [6, 6.07) is 17.3. The van der Waals surface area contributed by atoms with Crippen molar-refractivity contribution >= 4 is 11.6 Å². The summed E-state index contributed by atoms with van der Waals surface area (Å²) in [5.41, 5.74) is 1.35. The molecule has 1 N–H and O–H groups in total. The quantitative estimate of drug-likeness (QED) is 0.938. The van der Waals surface area contributed by atoms with E-state index < -0.39 is 6.10 Å². The fourth-order valence-corrected chi connectivity index (χ4v) is 1.82. The van der Waals surface area contributed by atoms with E-state index in [9.17, 15) is 4.79 Å². The van der Waals surface area contributed by atoms with Gasteiger partial charge in [0, 0.05) is 5.69 Å². The van der Waals surface area contributed by atoms with Crippen LogP contribution in [0.3, 0.4) is 0 Å². The number of nitriles is 2. The summed E-state index contributed by atoms with van der Waals surface area (Å²) in [7, 11) is 0. The third-order valence-electron chi connectivity index (χ3n) is 2.94. The molecule has 22 heavy (non-hydrogen) atoms. The van der Waals surface area contributed by atoms with Crippen molar-refractivity contribution in [2.24, 2.45) is 0 Å². The lowest BCUT2D eigenvalue weighted by Gasteiger charge is -2.15. The largest absolute Gasteiger partial charge is 0.480 e. The van der Waals surface area contributed by atoms with Crippen LogP contribution in [0.1, 0.15) is 18.1 Å². The smallest absolute Gasteiger partial charge is 0.265 e. The maximum absolute atomic E-state index is 12.1. The number of carbonyl (C=O) groups is 1. The molecule has 0 heterocycles. The van der Waals surface area contributed by atoms with Gasteiger partial charge in [-0.25, -0.2) is 0 Å². The SMILES string of the molecule is C[C@@H](Oc1ccccc1C#N)C(=O)Nc1cccc(C#N)c1. The zero-order valence-electron chi connectivity index (χ0n) is 11.9. The second-order valence-corrected chi connectivity index (χ2v) is 4.55. The lowest BCUT2D eigenvalue weighted by molar-refractivity contribution is -0.122. The molecule has 0 aliphatic rings. The van der Waals surface area contributed by atoms with Gasteiger partial charge in [0.1, 0.15) is 11.8 Å². The maximum atomic E-state index is 12.1. The van der Waals surface area contributed by atoms with Crippen molar-refractivity contribution < 1.29 is 9.53 Å². The van der Waals surface area contributed by atoms with E-state index in [-0.39, 0.29) is 5.91 Å². The lowest BCUT2D eigenvalue weighted by atomic mass is 10.2. The number of rotatable bonds is 4. The Morgan fingerprint density at radius 2 is 1.91 bits per heavy atom. The van der Waals surface area contributed by atoms with E-state index in [4.69, 9.17) is 15.3 Å². The average molecular weight is 291 g/mol. The number of nitrogens with one attached hydrogen (secondary N) is 1. The van der Waals surface area contributed by atoms with Crippen molar-refractivity contribution in [3.8, 4) is 17.9 Å². The average Bonchev–Trinajstić information content (AvgIpc) is 2.55. The first kappa shape index (κ1) is 15.1. The van der Waals surface area contributed by atoms with Crippen LogP contribution in [0.25, 0.3) is 0 Å². The molecular formula is C17H13N3O2. The molecule has 0 aromatic heterocycles. The van der Waals surface area contributed by atoms with Gasteiger partial charge < -0.3 is 10.1 Å². The highest BCUT2D eigenvalue weighted by Crippen LogP contribution is 2.19. The van der Waals surface area contributed by atoms with Crippen LogP contribution in [0.4, 0.5) is 5.69 Å². The van der Waals surface area contributed by atoms with Crippen molar-refractivity contribution in [1.82, 2.24) is 0 Å². The molecule has 1 amide bonds. The molecule has 2 rings (SSSR count). The predicted molar refractivity (Wildman–Crippen MR) is 81.0 cm³/mol. The Bertz CT molecular complexity index is 772. The zero-order valence-corrected chi connectivity index (χ0v) is 11.9. The Morgan fingerprint density at radius 3 is 2.64 bits per heavy atom. The van der Waals surface area contributed by atoms with E-state index >= 15 is 0 Å². The van der Waals surface area contributed by atoms with Crippen molar-refractivity contribution in [2.45, 2.75) is 13.0 Å². The van der Waals surface area contributed by atoms with Crippen LogP contribution < -0.4 is 10.1 Å². The van der Waals surface area contributed by atoms with Crippen molar-refractivity contribution in [1.29, 1.82) is 10.5 Å². The van der Waals surface area contributed by atoms with E-state index in [1.165, 1.54) is 0 Å². The molecule has 0 saturated carbocycles. The van der Waals surface area contributed by atoms with Gasteiger partial charge in [-0.3, -0.25) is 4.79 Å². The van der Waals surface area contributed by atoms with Gasteiger partial charge in [-0.2, -0.15) is 10.5 Å². The predicted octanol–water partition coefficient (Wildman–Crippen LogP) is 2.84. The molecule has 5 heteroatoms. The topological polar surface area (TPSA) is 85.9 Å². The van der Waals surface area contributed by atoms with Gasteiger partial charge in [0.2, 0.25) is 0 Å². The number of ether oxygens (including phenoxy) is 1. The number of hydrogen-bond donors (Lipinski definition) is 1. The molecular weight excluding hydrogens is 278 g/mol. The molecule has 0 radical (unpaired) electrons. The van der Waals surface area contributed by atoms with Gasteiger partial charge in [-0.05, 0) is 37.3 Å². The molecule has 108 valence electrons. The molecule has 0 saturated heterocycles. The van der Waals surface area contributed by atoms with E-state index in [2.05, 4.69) is 5.32 Å². The minimum Gasteiger partial charge on any atom is -0.480 e. The Kier molecular flexibility index (Phi) is 4.74. The molecule has 0 aliphatic carbocycles. The van der Waals surface area contributed by atoms with E-state index in [1.807, 2.05) is 12.1 Å². The van der Waals surface area contributed by atoms with Crippen LogP contribution in [-0.4, -0.2) is 12.0 Å². The van der Waals surface area contributed by atoms with E-state index in [0.29, 0.717) is 22.6 Å². The van der Waals surface area contributed by atoms with Crippen LogP contribution in [0.15, 0.2) is 48.5 Å². The molecule has 0 unspecified atom stereocenters. The number of para-hydroxylation sites is 1. The van der Waals surface area contributed by atoms with Crippen molar-refractivity contribution in [3.63, 3.8) is 0 Å². The van der Waals surface area contributed by atoms with Crippen LogP contribution in [0.5, 0.6) is 5.75 Å². The van der Waals surface area contributed by atoms with Gasteiger partial charge in [0.05, 0.1) is 17.2 Å². The Morgan fingerprint density at radius 1 is 1.14 bits per heavy atom. The van der Waals surface area contributed by atoms with Gasteiger partial charge in [-0.1, -0.05) is 18.2 Å². The van der Waals surface area contributed by atoms with Gasteiger partial charge >= 0.3 is 0 Å². The Balaban J connectivity index is 2.06. The van der Waals surface area contributed by atoms with Crippen LogP contribution in [-0.2, 0) is 4.79 Å². The molecule has 0 bridgehead atoms. The first-order chi connectivity index (χ1) is 10.6. The number of amides is 1. The van der Waals surface area contributed by atoms with Crippen molar-refractivity contribution in [2.75, 3.05) is 5.32 Å². The second-order valence-electron chi connectivity index (χ2n) is 4.55. The highest BCUT2D eigenvalue weighted by molar-refractivity contribution is 5.94. The minimum atomic E-state index is -0.778. The summed E-state index contributed by atoms with van der Waals surface area (Å²) in [6.45, 7) is 1.59. The fourth-order valence-electron chi connectivity index (χ4n) is 1.82. The second kappa shape index (κ2) is 6.92. The highest BCUT2D eigenvalue weighted by Gasteiger charge is 2.16. The first-order valence-corrected chi connectivity index (χ1v) is 6.61.